The van der Waals surface area contributed by atoms with Crippen LogP contribution in [0.5, 0.6) is 0 Å². The van der Waals surface area contributed by atoms with Gasteiger partial charge in [-0.2, -0.15) is 0 Å². The first-order valence-electron chi connectivity index (χ1n) is 31.8. The van der Waals surface area contributed by atoms with Crippen molar-refractivity contribution in [2.75, 3.05) is 13.2 Å². The van der Waals surface area contributed by atoms with E-state index in [9.17, 15) is 14.4 Å². The van der Waals surface area contributed by atoms with Gasteiger partial charge in [0.2, 0.25) is 0 Å². The van der Waals surface area contributed by atoms with Crippen molar-refractivity contribution in [3.8, 4) is 0 Å². The van der Waals surface area contributed by atoms with Crippen molar-refractivity contribution >= 4 is 17.9 Å². The SMILES string of the molecule is CC/C=C\C/C=C\C/C=C\C/C=C\C/C=C\C/C=C\C/C=C\C/C=C\CCCCCCC(=O)OCC(COC(=O)CCCCCCC/C=C\C/C=C\CCC)OC(=O)CCCCCCCCC/C=C\C/C=C\CCCCCC. The third-order valence-corrected chi connectivity index (χ3v) is 13.0. The van der Waals surface area contributed by atoms with Crippen molar-refractivity contribution in [3.63, 3.8) is 0 Å². The molecule has 0 aliphatic rings. The molecule has 0 aromatic heterocycles. The number of rotatable bonds is 56. The summed E-state index contributed by atoms with van der Waals surface area (Å²) in [6, 6.07) is 0. The summed E-state index contributed by atoms with van der Waals surface area (Å²) in [6.45, 7) is 6.40. The molecule has 1 atom stereocenters. The molecule has 0 radical (unpaired) electrons. The van der Waals surface area contributed by atoms with Gasteiger partial charge in [-0.25, -0.2) is 0 Å². The predicted molar refractivity (Wildman–Crippen MR) is 339 cm³/mol. The number of carbonyl (C=O) groups excluding carboxylic acids is 3. The molecule has 0 aliphatic heterocycles. The molecule has 440 valence electrons. The van der Waals surface area contributed by atoms with Crippen LogP contribution in [0.4, 0.5) is 0 Å². The molecular formula is C72H116O6. The van der Waals surface area contributed by atoms with Gasteiger partial charge in [0.15, 0.2) is 6.10 Å². The molecule has 1 unspecified atom stereocenters. The Labute approximate surface area is 480 Å². The molecule has 0 fully saturated rings. The van der Waals surface area contributed by atoms with Gasteiger partial charge >= 0.3 is 17.9 Å². The highest BCUT2D eigenvalue weighted by Gasteiger charge is 2.19. The van der Waals surface area contributed by atoms with Gasteiger partial charge in [0, 0.05) is 19.3 Å². The van der Waals surface area contributed by atoms with Crippen molar-refractivity contribution in [1.29, 1.82) is 0 Å². The van der Waals surface area contributed by atoms with Crippen LogP contribution in [-0.2, 0) is 28.6 Å². The normalized spacial score (nSPS) is 13.1. The Balaban J connectivity index is 4.42. The zero-order valence-corrected chi connectivity index (χ0v) is 50.4. The molecule has 0 N–H and O–H groups in total. The molecule has 0 rings (SSSR count). The number of esters is 3. The lowest BCUT2D eigenvalue weighted by molar-refractivity contribution is -0.167. The first kappa shape index (κ1) is 73.3. The van der Waals surface area contributed by atoms with E-state index in [4.69, 9.17) is 14.2 Å². The summed E-state index contributed by atoms with van der Waals surface area (Å²) in [5, 5.41) is 0. The number of allylic oxidation sites excluding steroid dienone is 24. The van der Waals surface area contributed by atoms with Crippen LogP contribution in [0, 0.1) is 0 Å². The van der Waals surface area contributed by atoms with Crippen molar-refractivity contribution in [3.05, 3.63) is 146 Å². The lowest BCUT2D eigenvalue weighted by Gasteiger charge is -2.18. The highest BCUT2D eigenvalue weighted by Crippen LogP contribution is 2.14. The van der Waals surface area contributed by atoms with Gasteiger partial charge in [-0.1, -0.05) is 256 Å². The van der Waals surface area contributed by atoms with E-state index in [1.165, 1.54) is 64.2 Å². The summed E-state index contributed by atoms with van der Waals surface area (Å²) < 4.78 is 16.9. The third kappa shape index (κ3) is 62.1. The maximum Gasteiger partial charge on any atom is 0.306 e. The van der Waals surface area contributed by atoms with Crippen molar-refractivity contribution in [2.24, 2.45) is 0 Å². The summed E-state index contributed by atoms with van der Waals surface area (Å²) >= 11 is 0. The minimum absolute atomic E-state index is 0.102. The van der Waals surface area contributed by atoms with Crippen LogP contribution < -0.4 is 0 Å². The Kier molecular flexibility index (Phi) is 60.9. The van der Waals surface area contributed by atoms with E-state index in [1.54, 1.807) is 0 Å². The molecule has 6 nitrogen and oxygen atoms in total. The van der Waals surface area contributed by atoms with Crippen LogP contribution in [0.25, 0.3) is 0 Å². The Morgan fingerprint density at radius 1 is 0.269 bits per heavy atom. The van der Waals surface area contributed by atoms with E-state index in [0.29, 0.717) is 19.3 Å². The van der Waals surface area contributed by atoms with Gasteiger partial charge in [-0.15, -0.1) is 0 Å². The average molecular weight is 1080 g/mol. The number of hydrogen-bond donors (Lipinski definition) is 0. The standard InChI is InChI=1S/C72H116O6/c1-4-7-10-13-16-19-22-25-27-29-31-32-33-34-35-36-37-38-39-40-41-43-44-47-50-53-56-59-62-65-71(74)77-68-69(67-76-70(73)64-61-58-55-52-49-46-24-21-18-15-12-9-6-3)78-72(75)66-63-60-57-54-51-48-45-42-30-28-26-23-20-17-14-11-8-5-2/h7,10,12,15-16,19-21,23-25,27-28,30-32,34-35,37-38,40-41,44,47,69H,4-6,8-9,11,13-14,17-18,22,26,29,33,36,39,42-43,45-46,48-68H2,1-3H3/b10-7-,15-12-,19-16-,23-20-,24-21-,27-25-,30-28-,32-31-,35-34-,38-37-,41-40-,47-44-. The number of unbranched alkanes of at least 4 members (excludes halogenated alkanes) is 21. The van der Waals surface area contributed by atoms with Gasteiger partial charge in [0.25, 0.3) is 0 Å². The molecule has 0 aliphatic carbocycles. The molecule has 78 heavy (non-hydrogen) atoms. The molecule has 0 spiro atoms. The second kappa shape index (κ2) is 64.8. The number of ether oxygens (including phenoxy) is 3. The fourth-order valence-corrected chi connectivity index (χ4v) is 8.29. The van der Waals surface area contributed by atoms with E-state index in [2.05, 4.69) is 167 Å². The Morgan fingerprint density at radius 3 is 0.833 bits per heavy atom. The number of carbonyl (C=O) groups is 3. The molecule has 0 aromatic rings. The van der Waals surface area contributed by atoms with E-state index in [0.717, 1.165) is 167 Å². The largest absolute Gasteiger partial charge is 0.462 e. The van der Waals surface area contributed by atoms with Crippen molar-refractivity contribution < 1.29 is 28.6 Å². The van der Waals surface area contributed by atoms with Gasteiger partial charge < -0.3 is 14.2 Å². The lowest BCUT2D eigenvalue weighted by atomic mass is 10.1. The minimum Gasteiger partial charge on any atom is -0.462 e. The highest BCUT2D eigenvalue weighted by atomic mass is 16.6. The summed E-state index contributed by atoms with van der Waals surface area (Å²) in [6.07, 6.45) is 92.7. The van der Waals surface area contributed by atoms with Gasteiger partial charge in [-0.05, 0) is 141 Å². The van der Waals surface area contributed by atoms with E-state index >= 15 is 0 Å². The monoisotopic (exact) mass is 1080 g/mol. The van der Waals surface area contributed by atoms with Gasteiger partial charge in [0.1, 0.15) is 13.2 Å². The number of hydrogen-bond acceptors (Lipinski definition) is 6. The first-order valence-corrected chi connectivity index (χ1v) is 31.8. The van der Waals surface area contributed by atoms with Gasteiger partial charge in [-0.3, -0.25) is 14.4 Å². The maximum atomic E-state index is 12.9. The Morgan fingerprint density at radius 2 is 0.526 bits per heavy atom. The average Bonchev–Trinajstić information content (AvgIpc) is 3.44. The molecule has 0 heterocycles. The van der Waals surface area contributed by atoms with E-state index in [-0.39, 0.29) is 31.1 Å². The summed E-state index contributed by atoms with van der Waals surface area (Å²) in [5.74, 6) is -0.950. The second-order valence-electron chi connectivity index (χ2n) is 20.6. The molecule has 0 saturated carbocycles. The lowest BCUT2D eigenvalue weighted by Crippen LogP contribution is -2.30. The quantitative estimate of drug-likeness (QED) is 0.0261. The summed E-state index contributed by atoms with van der Waals surface area (Å²) in [5.41, 5.74) is 0. The van der Waals surface area contributed by atoms with Crippen LogP contribution in [-0.4, -0.2) is 37.2 Å². The second-order valence-corrected chi connectivity index (χ2v) is 20.6. The van der Waals surface area contributed by atoms with Crippen molar-refractivity contribution in [2.45, 2.75) is 277 Å². The molecule has 0 saturated heterocycles. The van der Waals surface area contributed by atoms with Crippen LogP contribution in [0.3, 0.4) is 0 Å². The van der Waals surface area contributed by atoms with Crippen LogP contribution >= 0.6 is 0 Å². The predicted octanol–water partition coefficient (Wildman–Crippen LogP) is 21.9. The van der Waals surface area contributed by atoms with Crippen LogP contribution in [0.1, 0.15) is 271 Å². The molecule has 0 aromatic carbocycles. The Hall–Kier alpha value is -4.71. The fraction of sp³-hybridized carbons (Fsp3) is 0.625. The van der Waals surface area contributed by atoms with Crippen molar-refractivity contribution in [1.82, 2.24) is 0 Å². The molecular weight excluding hydrogens is 961 g/mol. The van der Waals surface area contributed by atoms with Gasteiger partial charge in [0.05, 0.1) is 0 Å². The van der Waals surface area contributed by atoms with Crippen LogP contribution in [0.15, 0.2) is 146 Å². The van der Waals surface area contributed by atoms with Crippen LogP contribution in [0.2, 0.25) is 0 Å². The zero-order valence-electron chi connectivity index (χ0n) is 50.4. The maximum absolute atomic E-state index is 12.9. The molecule has 0 amide bonds. The molecule has 6 heteroatoms. The minimum atomic E-state index is -0.806. The first-order chi connectivity index (χ1) is 38.5. The highest BCUT2D eigenvalue weighted by molar-refractivity contribution is 5.71. The summed E-state index contributed by atoms with van der Waals surface area (Å²) in [7, 11) is 0. The molecule has 0 bridgehead atoms. The summed E-state index contributed by atoms with van der Waals surface area (Å²) in [4.78, 5) is 38.3. The zero-order chi connectivity index (χ0) is 56.4. The van der Waals surface area contributed by atoms with E-state index in [1.807, 2.05) is 0 Å². The Bertz CT molecular complexity index is 1710. The van der Waals surface area contributed by atoms with E-state index < -0.39 is 6.10 Å². The smallest absolute Gasteiger partial charge is 0.306 e. The third-order valence-electron chi connectivity index (χ3n) is 13.0. The topological polar surface area (TPSA) is 78.9 Å². The fourth-order valence-electron chi connectivity index (χ4n) is 8.29.